The van der Waals surface area contributed by atoms with E-state index < -0.39 is 18.8 Å². The summed E-state index contributed by atoms with van der Waals surface area (Å²) >= 11 is 0. The van der Waals surface area contributed by atoms with Crippen molar-refractivity contribution in [2.24, 2.45) is 0 Å². The van der Waals surface area contributed by atoms with Gasteiger partial charge in [-0.05, 0) is 0 Å². The minimum Gasteiger partial charge on any atom is -0.504 e. The van der Waals surface area contributed by atoms with E-state index in [2.05, 4.69) is 6.58 Å². The van der Waals surface area contributed by atoms with Crippen LogP contribution in [0.25, 0.3) is 0 Å². The third-order valence-electron chi connectivity index (χ3n) is 1.45. The summed E-state index contributed by atoms with van der Waals surface area (Å²) < 4.78 is 4.88. The van der Waals surface area contributed by atoms with Crippen LogP contribution >= 0.6 is 0 Å². The van der Waals surface area contributed by atoms with E-state index in [-0.39, 0.29) is 11.5 Å². The average Bonchev–Trinajstić information content (AvgIpc) is 2.31. The molecule has 4 heteroatoms. The Hall–Kier alpha value is -1.00. The Balaban J connectivity index is 2.60. The van der Waals surface area contributed by atoms with Gasteiger partial charge in [0.25, 0.3) is 0 Å². The fourth-order valence-electron chi connectivity index (χ4n) is 0.801. The summed E-state index contributed by atoms with van der Waals surface area (Å²) in [4.78, 5) is 0. The van der Waals surface area contributed by atoms with Gasteiger partial charge >= 0.3 is 0 Å². The highest BCUT2D eigenvalue weighted by Gasteiger charge is 2.26. The van der Waals surface area contributed by atoms with E-state index in [1.807, 2.05) is 0 Å². The molecule has 0 unspecified atom stereocenters. The van der Waals surface area contributed by atoms with Crippen molar-refractivity contribution in [2.75, 3.05) is 6.61 Å². The Morgan fingerprint density at radius 2 is 2.36 bits per heavy atom. The first kappa shape index (κ1) is 8.10. The Labute approximate surface area is 64.0 Å². The summed E-state index contributed by atoms with van der Waals surface area (Å²) in [5.74, 6) is 0.0463. The first-order chi connectivity index (χ1) is 5.15. The van der Waals surface area contributed by atoms with Gasteiger partial charge in [0.2, 0.25) is 0 Å². The van der Waals surface area contributed by atoms with Gasteiger partial charge in [-0.3, -0.25) is 0 Å². The fourth-order valence-corrected chi connectivity index (χ4v) is 0.801. The number of hydrogen-bond acceptors (Lipinski definition) is 4. The molecular formula is C7H10O4. The van der Waals surface area contributed by atoms with Crippen molar-refractivity contribution >= 4 is 0 Å². The fraction of sp³-hybridized carbons (Fsp3) is 0.429. The van der Waals surface area contributed by atoms with Crippen LogP contribution in [0.4, 0.5) is 0 Å². The summed E-state index contributed by atoms with van der Waals surface area (Å²) in [6, 6.07) is 0. The zero-order valence-electron chi connectivity index (χ0n) is 5.90. The van der Waals surface area contributed by atoms with E-state index in [1.165, 1.54) is 6.08 Å². The Morgan fingerprint density at radius 3 is 2.73 bits per heavy atom. The number of ether oxygens (including phenoxy) is 1. The molecule has 1 heterocycles. The Bertz CT molecular complexity index is 197. The third-order valence-corrected chi connectivity index (χ3v) is 1.45. The molecular weight excluding hydrogens is 148 g/mol. The molecule has 62 valence electrons. The van der Waals surface area contributed by atoms with Crippen LogP contribution in [-0.4, -0.2) is 34.1 Å². The predicted molar refractivity (Wildman–Crippen MR) is 37.8 cm³/mol. The molecule has 0 aliphatic carbocycles. The van der Waals surface area contributed by atoms with Crippen molar-refractivity contribution in [1.82, 2.24) is 0 Å². The number of hydrogen-bond donors (Lipinski definition) is 3. The highest BCUT2D eigenvalue weighted by Crippen LogP contribution is 2.21. The quantitative estimate of drug-likeness (QED) is 0.515. The van der Waals surface area contributed by atoms with Crippen molar-refractivity contribution in [3.05, 3.63) is 24.2 Å². The molecule has 1 aliphatic rings. The first-order valence-electron chi connectivity index (χ1n) is 3.21. The van der Waals surface area contributed by atoms with Gasteiger partial charge in [-0.25, -0.2) is 0 Å². The lowest BCUT2D eigenvalue weighted by Crippen LogP contribution is -2.27. The van der Waals surface area contributed by atoms with E-state index in [9.17, 15) is 0 Å². The summed E-state index contributed by atoms with van der Waals surface area (Å²) in [5, 5.41) is 26.5. The van der Waals surface area contributed by atoms with Gasteiger partial charge in [-0.15, -0.1) is 0 Å². The summed E-state index contributed by atoms with van der Waals surface area (Å²) in [6.45, 7) is 2.97. The molecule has 0 radical (unpaired) electrons. The van der Waals surface area contributed by atoms with Crippen LogP contribution in [0.3, 0.4) is 0 Å². The van der Waals surface area contributed by atoms with Crippen LogP contribution in [0.2, 0.25) is 0 Å². The Kier molecular flexibility index (Phi) is 2.16. The van der Waals surface area contributed by atoms with Crippen LogP contribution in [0.15, 0.2) is 24.2 Å². The van der Waals surface area contributed by atoms with Gasteiger partial charge in [-0.2, -0.15) is 0 Å². The van der Waals surface area contributed by atoms with Gasteiger partial charge in [0.15, 0.2) is 11.5 Å². The van der Waals surface area contributed by atoms with Gasteiger partial charge in [0, 0.05) is 6.08 Å². The molecule has 0 spiro atoms. The minimum atomic E-state index is -1.00. The zero-order chi connectivity index (χ0) is 8.43. The maximum atomic E-state index is 9.02. The molecule has 3 N–H and O–H groups in total. The van der Waals surface area contributed by atoms with E-state index >= 15 is 0 Å². The van der Waals surface area contributed by atoms with E-state index in [0.717, 1.165) is 0 Å². The predicted octanol–water partition coefficient (Wildman–Crippen LogP) is -0.306. The first-order valence-corrected chi connectivity index (χ1v) is 3.21. The lowest BCUT2D eigenvalue weighted by Gasteiger charge is -2.13. The molecule has 0 aromatic rings. The Morgan fingerprint density at radius 1 is 1.73 bits per heavy atom. The second-order valence-corrected chi connectivity index (χ2v) is 2.31. The van der Waals surface area contributed by atoms with Crippen LogP contribution in [0.5, 0.6) is 0 Å². The van der Waals surface area contributed by atoms with Crippen LogP contribution in [-0.2, 0) is 4.74 Å². The van der Waals surface area contributed by atoms with Crippen LogP contribution in [0.1, 0.15) is 0 Å². The van der Waals surface area contributed by atoms with Gasteiger partial charge in [0.1, 0.15) is 12.2 Å². The molecule has 1 rings (SSSR count). The lowest BCUT2D eigenvalue weighted by atomic mass is 10.2. The van der Waals surface area contributed by atoms with Crippen LogP contribution in [0, 0.1) is 0 Å². The van der Waals surface area contributed by atoms with E-state index in [1.54, 1.807) is 0 Å². The molecule has 0 saturated carbocycles. The molecule has 0 saturated heterocycles. The smallest absolute Gasteiger partial charge is 0.156 e. The second-order valence-electron chi connectivity index (χ2n) is 2.31. The van der Waals surface area contributed by atoms with Crippen molar-refractivity contribution in [2.45, 2.75) is 12.2 Å². The molecule has 2 atom stereocenters. The van der Waals surface area contributed by atoms with Crippen molar-refractivity contribution in [1.29, 1.82) is 0 Å². The molecule has 0 amide bonds. The standard InChI is InChI=1S/C7H10O4/c1-4-5(9)2-7(11-4)6(10)3-8/h2,6-10H,1,3H2/t6-,7-/m0/s1. The highest BCUT2D eigenvalue weighted by atomic mass is 16.5. The van der Waals surface area contributed by atoms with Crippen molar-refractivity contribution in [3.8, 4) is 0 Å². The molecule has 0 fully saturated rings. The average molecular weight is 158 g/mol. The SMILES string of the molecule is C=C1O[C@H]([C@@H](O)CO)C=C1O. The molecule has 4 nitrogen and oxygen atoms in total. The van der Waals surface area contributed by atoms with Crippen molar-refractivity contribution < 1.29 is 20.1 Å². The monoisotopic (exact) mass is 158 g/mol. The summed E-state index contributed by atoms with van der Waals surface area (Å²) in [7, 11) is 0. The van der Waals surface area contributed by atoms with E-state index in [4.69, 9.17) is 20.1 Å². The molecule has 0 aromatic heterocycles. The molecule has 0 aromatic carbocycles. The third kappa shape index (κ3) is 1.53. The van der Waals surface area contributed by atoms with Crippen LogP contribution < -0.4 is 0 Å². The number of aliphatic hydroxyl groups excluding tert-OH is 3. The van der Waals surface area contributed by atoms with Gasteiger partial charge < -0.3 is 20.1 Å². The maximum Gasteiger partial charge on any atom is 0.156 e. The minimum absolute atomic E-state index is 0.0810. The summed E-state index contributed by atoms with van der Waals surface area (Å²) in [5.41, 5.74) is 0. The van der Waals surface area contributed by atoms with E-state index in [0.29, 0.717) is 0 Å². The topological polar surface area (TPSA) is 69.9 Å². The highest BCUT2D eigenvalue weighted by molar-refractivity contribution is 5.23. The van der Waals surface area contributed by atoms with Crippen molar-refractivity contribution in [3.63, 3.8) is 0 Å². The zero-order valence-corrected chi connectivity index (χ0v) is 5.90. The van der Waals surface area contributed by atoms with Gasteiger partial charge in [-0.1, -0.05) is 6.58 Å². The molecule has 0 bridgehead atoms. The second kappa shape index (κ2) is 2.94. The largest absolute Gasteiger partial charge is 0.504 e. The summed E-state index contributed by atoms with van der Waals surface area (Å²) in [6.07, 6.45) is -0.368. The molecule has 1 aliphatic heterocycles. The number of aliphatic hydroxyl groups is 3. The van der Waals surface area contributed by atoms with Gasteiger partial charge in [0.05, 0.1) is 6.61 Å². The normalized spacial score (nSPS) is 26.2. The molecule has 11 heavy (non-hydrogen) atoms. The maximum absolute atomic E-state index is 9.02. The number of rotatable bonds is 2. The lowest BCUT2D eigenvalue weighted by molar-refractivity contribution is 0.00166.